The Morgan fingerprint density at radius 2 is 0.867 bits per heavy atom. The van der Waals surface area contributed by atoms with Gasteiger partial charge in [-0.1, -0.05) is 0 Å². The summed E-state index contributed by atoms with van der Waals surface area (Å²) in [6.45, 7) is 9.67. The van der Waals surface area contributed by atoms with E-state index in [9.17, 15) is 0 Å². The van der Waals surface area contributed by atoms with Crippen molar-refractivity contribution in [3.05, 3.63) is 0 Å². The van der Waals surface area contributed by atoms with Gasteiger partial charge < -0.3 is 16.0 Å². The second-order valence-corrected chi connectivity index (χ2v) is 3.59. The molecule has 3 N–H and O–H groups in total. The minimum Gasteiger partial charge on any atom is -0.314 e. The van der Waals surface area contributed by atoms with Crippen LogP contribution in [-0.2, 0) is 0 Å². The van der Waals surface area contributed by atoms with E-state index in [2.05, 4.69) is 26.6 Å². The maximum absolute atomic E-state index is 4.39. The zero-order valence-corrected chi connectivity index (χ0v) is 9.47. The van der Waals surface area contributed by atoms with Crippen LogP contribution in [-0.4, -0.2) is 65.4 Å². The van der Waals surface area contributed by atoms with Crippen molar-refractivity contribution in [2.75, 3.05) is 65.4 Å². The molecular formula is C10H23N5. The molecule has 0 saturated carbocycles. The molecule has 5 nitrogen and oxygen atoms in total. The van der Waals surface area contributed by atoms with E-state index in [1.807, 2.05) is 0 Å². The molecule has 0 bridgehead atoms. The quantitative estimate of drug-likeness (QED) is 0.435. The first-order valence-corrected chi connectivity index (χ1v) is 5.89. The Morgan fingerprint density at radius 3 is 1.33 bits per heavy atom. The average Bonchev–Trinajstić information content (AvgIpc) is 2.27. The van der Waals surface area contributed by atoms with Crippen molar-refractivity contribution < 1.29 is 0 Å². The molecule has 1 saturated heterocycles. The number of hydrogen-bond donors (Lipinski definition) is 3. The zero-order valence-electron chi connectivity index (χ0n) is 9.47. The minimum atomic E-state index is 0.875. The fourth-order valence-electron chi connectivity index (χ4n) is 1.41. The molecule has 1 rings (SSSR count). The van der Waals surface area contributed by atoms with Crippen LogP contribution in [0.2, 0.25) is 0 Å². The van der Waals surface area contributed by atoms with Crippen molar-refractivity contribution in [2.24, 2.45) is 0 Å². The molecule has 0 amide bonds. The maximum Gasteiger partial charge on any atom is 0.0275 e. The zero-order chi connectivity index (χ0) is 10.6. The smallest absolute Gasteiger partial charge is 0.0275 e. The van der Waals surface area contributed by atoms with Crippen LogP contribution in [0, 0.1) is 0 Å². The highest BCUT2D eigenvalue weighted by molar-refractivity contribution is 4.59. The van der Waals surface area contributed by atoms with E-state index >= 15 is 0 Å². The summed E-state index contributed by atoms with van der Waals surface area (Å²) in [6.07, 6.45) is 0. The van der Waals surface area contributed by atoms with E-state index < -0.39 is 0 Å². The molecule has 88 valence electrons. The number of nitrogens with zero attached hydrogens (tertiary/aromatic N) is 2. The van der Waals surface area contributed by atoms with E-state index in [1.54, 1.807) is 0 Å². The van der Waals surface area contributed by atoms with Crippen LogP contribution in [0.5, 0.6) is 0 Å². The molecule has 1 aliphatic rings. The lowest BCUT2D eigenvalue weighted by atomic mass is 10.5. The third-order valence-electron chi connectivity index (χ3n) is 2.27. The average molecular weight is 213 g/mol. The molecule has 0 aliphatic carbocycles. The molecule has 1 fully saturated rings. The Balaban J connectivity index is 2.01. The van der Waals surface area contributed by atoms with Gasteiger partial charge in [0.05, 0.1) is 0 Å². The lowest BCUT2D eigenvalue weighted by molar-refractivity contribution is 0.564. The van der Waals surface area contributed by atoms with E-state index in [0.717, 1.165) is 65.4 Å². The molecule has 1 aliphatic heterocycles. The highest BCUT2D eigenvalue weighted by Gasteiger charge is 1.94. The lowest BCUT2D eigenvalue weighted by Gasteiger charge is -2.06. The topological polar surface area (TPSA) is 64.3 Å². The molecule has 0 aromatic heterocycles. The van der Waals surface area contributed by atoms with Crippen LogP contribution in [0.25, 0.3) is 0 Å². The summed E-state index contributed by atoms with van der Waals surface area (Å²) in [5.74, 6) is 0. The normalized spacial score (nSPS) is 24.0. The number of hydrogen-bond acceptors (Lipinski definition) is 3. The molecule has 0 aromatic rings. The van der Waals surface area contributed by atoms with E-state index in [0.29, 0.717) is 0 Å². The SMILES string of the molecule is C1C[N]CCNCCNCCNCC[N]1. The van der Waals surface area contributed by atoms with Crippen molar-refractivity contribution in [1.29, 1.82) is 0 Å². The first kappa shape index (κ1) is 12.9. The van der Waals surface area contributed by atoms with Gasteiger partial charge in [0.25, 0.3) is 0 Å². The van der Waals surface area contributed by atoms with Gasteiger partial charge in [-0.3, -0.25) is 0 Å². The predicted molar refractivity (Wildman–Crippen MR) is 62.3 cm³/mol. The molecule has 0 unspecified atom stereocenters. The second-order valence-electron chi connectivity index (χ2n) is 3.59. The molecule has 0 spiro atoms. The summed E-state index contributed by atoms with van der Waals surface area (Å²) < 4.78 is 0. The van der Waals surface area contributed by atoms with Gasteiger partial charge in [0.1, 0.15) is 0 Å². The first-order chi connectivity index (χ1) is 7.50. The lowest BCUT2D eigenvalue weighted by Crippen LogP contribution is -2.34. The van der Waals surface area contributed by atoms with E-state index in [4.69, 9.17) is 0 Å². The van der Waals surface area contributed by atoms with Crippen molar-refractivity contribution in [3.63, 3.8) is 0 Å². The van der Waals surface area contributed by atoms with Crippen LogP contribution in [0.3, 0.4) is 0 Å². The van der Waals surface area contributed by atoms with Crippen LogP contribution in [0.4, 0.5) is 0 Å². The van der Waals surface area contributed by atoms with Gasteiger partial charge in [-0.2, -0.15) is 0 Å². The highest BCUT2D eigenvalue weighted by atomic mass is 15.0. The van der Waals surface area contributed by atoms with Crippen molar-refractivity contribution >= 4 is 0 Å². The largest absolute Gasteiger partial charge is 0.314 e. The van der Waals surface area contributed by atoms with Crippen LogP contribution < -0.4 is 26.6 Å². The molecule has 0 atom stereocenters. The molecule has 1 heterocycles. The van der Waals surface area contributed by atoms with Gasteiger partial charge in [-0.25, -0.2) is 10.6 Å². The minimum absolute atomic E-state index is 0.875. The standard InChI is InChI=1S/C10H23N5/c1-2-12-5-6-14-9-10-15-8-7-13-4-3-11-1/h11-13H,1-10H2. The van der Waals surface area contributed by atoms with Crippen LogP contribution >= 0.6 is 0 Å². The molecule has 2 radical (unpaired) electrons. The summed E-state index contributed by atoms with van der Waals surface area (Å²) in [5.41, 5.74) is 0. The monoisotopic (exact) mass is 213 g/mol. The van der Waals surface area contributed by atoms with Gasteiger partial charge in [0, 0.05) is 65.4 Å². The van der Waals surface area contributed by atoms with E-state index in [1.165, 1.54) is 0 Å². The van der Waals surface area contributed by atoms with Crippen molar-refractivity contribution in [3.8, 4) is 0 Å². The predicted octanol–water partition coefficient (Wildman–Crippen LogP) is -2.02. The first-order valence-electron chi connectivity index (χ1n) is 5.89. The molecule has 5 heteroatoms. The van der Waals surface area contributed by atoms with Crippen LogP contribution in [0.1, 0.15) is 0 Å². The summed E-state index contributed by atoms with van der Waals surface area (Å²) in [4.78, 5) is 0. The molecule has 15 heavy (non-hydrogen) atoms. The Morgan fingerprint density at radius 1 is 0.467 bits per heavy atom. The summed E-state index contributed by atoms with van der Waals surface area (Å²) >= 11 is 0. The Kier molecular flexibility index (Phi) is 8.85. The van der Waals surface area contributed by atoms with Crippen LogP contribution in [0.15, 0.2) is 0 Å². The van der Waals surface area contributed by atoms with Crippen molar-refractivity contribution in [2.45, 2.75) is 0 Å². The summed E-state index contributed by atoms with van der Waals surface area (Å²) in [5, 5.41) is 18.8. The van der Waals surface area contributed by atoms with Gasteiger partial charge in [-0.15, -0.1) is 0 Å². The second kappa shape index (κ2) is 10.3. The Labute approximate surface area is 92.8 Å². The maximum atomic E-state index is 4.39. The third-order valence-corrected chi connectivity index (χ3v) is 2.27. The summed E-state index contributed by atoms with van der Waals surface area (Å²) in [6, 6.07) is 0. The number of rotatable bonds is 0. The van der Waals surface area contributed by atoms with Gasteiger partial charge in [0.15, 0.2) is 0 Å². The fourth-order valence-corrected chi connectivity index (χ4v) is 1.41. The van der Waals surface area contributed by atoms with Gasteiger partial charge in [0.2, 0.25) is 0 Å². The third kappa shape index (κ3) is 8.77. The molecular weight excluding hydrogens is 190 g/mol. The Bertz CT molecular complexity index is 72.4. The fraction of sp³-hybridized carbons (Fsp3) is 1.00. The number of nitrogens with one attached hydrogen (secondary N) is 3. The summed E-state index contributed by atoms with van der Waals surface area (Å²) in [7, 11) is 0. The van der Waals surface area contributed by atoms with Gasteiger partial charge in [-0.05, 0) is 0 Å². The Hall–Kier alpha value is -0.200. The van der Waals surface area contributed by atoms with Gasteiger partial charge >= 0.3 is 0 Å². The van der Waals surface area contributed by atoms with E-state index in [-0.39, 0.29) is 0 Å². The van der Waals surface area contributed by atoms with Crippen molar-refractivity contribution in [1.82, 2.24) is 26.6 Å². The molecule has 0 aromatic carbocycles. The highest BCUT2D eigenvalue weighted by Crippen LogP contribution is 1.69.